The zero-order valence-electron chi connectivity index (χ0n) is 9.67. The van der Waals surface area contributed by atoms with Gasteiger partial charge >= 0.3 is 0 Å². The highest BCUT2D eigenvalue weighted by atomic mass is 35.5. The average Bonchev–Trinajstić information content (AvgIpc) is 2.63. The Morgan fingerprint density at radius 1 is 1.33 bits per heavy atom. The summed E-state index contributed by atoms with van der Waals surface area (Å²) in [6, 6.07) is 6.96. The topological polar surface area (TPSA) is 13.1 Å². The molecule has 3 rings (SSSR count). The van der Waals surface area contributed by atoms with Crippen LogP contribution < -0.4 is 5.46 Å². The number of halogens is 1. The average molecular weight is 214 g/mol. The first-order chi connectivity index (χ1) is 8.08. The van der Waals surface area contributed by atoms with Gasteiger partial charge in [-0.15, -0.1) is 0 Å². The Labute approximate surface area is 95.9 Å². The maximum atomic E-state index is 7.68. The lowest BCUT2D eigenvalue weighted by Crippen LogP contribution is -2.00. The zero-order valence-corrected chi connectivity index (χ0v) is 8.43. The summed E-state index contributed by atoms with van der Waals surface area (Å²) in [7, 11) is 5.88. The van der Waals surface area contributed by atoms with Crippen LogP contribution in [-0.4, -0.2) is 7.85 Å². The predicted molar refractivity (Wildman–Crippen MR) is 64.1 cm³/mol. The van der Waals surface area contributed by atoms with Gasteiger partial charge in [0.25, 0.3) is 0 Å². The molecular weight excluding hydrogens is 206 g/mol. The van der Waals surface area contributed by atoms with Crippen molar-refractivity contribution in [1.29, 1.82) is 0 Å². The number of benzene rings is 2. The molecular formula is C12H6BClO. The van der Waals surface area contributed by atoms with Crippen molar-refractivity contribution >= 4 is 46.8 Å². The first-order valence-corrected chi connectivity index (χ1v) is 4.83. The number of rotatable bonds is 0. The van der Waals surface area contributed by atoms with Crippen molar-refractivity contribution in [2.75, 3.05) is 0 Å². The van der Waals surface area contributed by atoms with Crippen molar-refractivity contribution in [2.24, 2.45) is 0 Å². The third kappa shape index (κ3) is 1.18. The molecule has 0 saturated carbocycles. The van der Waals surface area contributed by atoms with Crippen molar-refractivity contribution in [2.45, 2.75) is 0 Å². The summed E-state index contributed by atoms with van der Waals surface area (Å²) in [4.78, 5) is 0. The van der Waals surface area contributed by atoms with Gasteiger partial charge in [-0.25, -0.2) is 0 Å². The molecule has 3 aromatic rings. The molecule has 0 unspecified atom stereocenters. The highest BCUT2D eigenvalue weighted by Crippen LogP contribution is 2.31. The molecule has 0 N–H and O–H groups in total. The standard InChI is InChI=1S/C12H6BClO/c13-8-4-2-6-10-11(8)7-3-1-5-9(14)12(7)15-10/h1-6H/i1D,4D. The predicted octanol–water partition coefficient (Wildman–Crippen LogP) is 3.03. The Bertz CT molecular complexity index is 751. The maximum absolute atomic E-state index is 7.68. The third-order valence-electron chi connectivity index (χ3n) is 2.37. The number of hydrogen-bond acceptors (Lipinski definition) is 1. The van der Waals surface area contributed by atoms with Crippen LogP contribution in [0.2, 0.25) is 5.02 Å². The van der Waals surface area contributed by atoms with Gasteiger partial charge in [0.15, 0.2) is 5.58 Å². The van der Waals surface area contributed by atoms with Crippen LogP contribution in [0, 0.1) is 0 Å². The van der Waals surface area contributed by atoms with E-state index in [2.05, 4.69) is 0 Å². The second kappa shape index (κ2) is 3.04. The summed E-state index contributed by atoms with van der Waals surface area (Å²) in [6.45, 7) is 0. The van der Waals surface area contributed by atoms with Gasteiger partial charge < -0.3 is 4.42 Å². The van der Waals surface area contributed by atoms with E-state index in [1.54, 1.807) is 18.2 Å². The fraction of sp³-hybridized carbons (Fsp3) is 0. The van der Waals surface area contributed by atoms with Crippen LogP contribution in [0.15, 0.2) is 40.8 Å². The lowest BCUT2D eigenvalue weighted by molar-refractivity contribution is 0.669. The van der Waals surface area contributed by atoms with E-state index >= 15 is 0 Å². The molecule has 2 radical (unpaired) electrons. The van der Waals surface area contributed by atoms with Gasteiger partial charge in [0.2, 0.25) is 0 Å². The lowest BCUT2D eigenvalue weighted by atomic mass is 9.91. The number of furan rings is 1. The fourth-order valence-electron chi connectivity index (χ4n) is 1.72. The minimum Gasteiger partial charge on any atom is -0.455 e. The molecule has 1 heterocycles. The van der Waals surface area contributed by atoms with Gasteiger partial charge in [-0.05, 0) is 12.1 Å². The highest BCUT2D eigenvalue weighted by molar-refractivity contribution is 6.42. The minimum absolute atomic E-state index is 0.242. The van der Waals surface area contributed by atoms with Crippen LogP contribution in [-0.2, 0) is 0 Å². The van der Waals surface area contributed by atoms with E-state index in [0.29, 0.717) is 38.5 Å². The van der Waals surface area contributed by atoms with Crippen LogP contribution in [0.3, 0.4) is 0 Å². The van der Waals surface area contributed by atoms with E-state index in [1.165, 1.54) is 6.07 Å². The Kier molecular flexibility index (Phi) is 1.41. The smallest absolute Gasteiger partial charge is 0.153 e. The van der Waals surface area contributed by atoms with E-state index in [0.717, 1.165) is 0 Å². The zero-order chi connectivity index (χ0) is 12.2. The van der Waals surface area contributed by atoms with Crippen molar-refractivity contribution in [3.05, 3.63) is 41.4 Å². The van der Waals surface area contributed by atoms with Gasteiger partial charge in [-0.3, -0.25) is 0 Å². The Morgan fingerprint density at radius 2 is 2.20 bits per heavy atom. The summed E-state index contributed by atoms with van der Waals surface area (Å²) in [5, 5.41) is 1.72. The molecule has 15 heavy (non-hydrogen) atoms. The van der Waals surface area contributed by atoms with Crippen molar-refractivity contribution < 1.29 is 7.16 Å². The molecule has 0 aliphatic carbocycles. The maximum Gasteiger partial charge on any atom is 0.153 e. The van der Waals surface area contributed by atoms with Crippen LogP contribution in [0.1, 0.15) is 2.74 Å². The van der Waals surface area contributed by atoms with Gasteiger partial charge in [0.1, 0.15) is 13.4 Å². The molecule has 0 aliphatic rings. The molecule has 0 aliphatic heterocycles. The number of fused-ring (bicyclic) bond motifs is 3. The molecule has 0 spiro atoms. The SMILES string of the molecule is [2H]c1cc(Cl)c2oc3ccc([2H])c([B])c3c2c1. The quantitative estimate of drug-likeness (QED) is 0.524. The van der Waals surface area contributed by atoms with Crippen LogP contribution in [0.5, 0.6) is 0 Å². The Hall–Kier alpha value is -1.41. The molecule has 0 atom stereocenters. The van der Waals surface area contributed by atoms with Crippen LogP contribution in [0.4, 0.5) is 0 Å². The number of para-hydroxylation sites is 1. The van der Waals surface area contributed by atoms with Gasteiger partial charge in [-0.1, -0.05) is 41.3 Å². The van der Waals surface area contributed by atoms with Crippen molar-refractivity contribution in [3.8, 4) is 0 Å². The van der Waals surface area contributed by atoms with Gasteiger partial charge in [-0.2, -0.15) is 0 Å². The first-order valence-electron chi connectivity index (χ1n) is 5.45. The summed E-state index contributed by atoms with van der Waals surface area (Å²) in [5.74, 6) is 0. The molecule has 0 fully saturated rings. The normalized spacial score (nSPS) is 13.1. The molecule has 70 valence electrons. The molecule has 0 saturated heterocycles. The second-order valence-corrected chi connectivity index (χ2v) is 3.69. The largest absolute Gasteiger partial charge is 0.455 e. The lowest BCUT2D eigenvalue weighted by Gasteiger charge is -1.94. The minimum atomic E-state index is 0.242. The summed E-state index contributed by atoms with van der Waals surface area (Å²) in [6.07, 6.45) is 0. The molecule has 0 bridgehead atoms. The van der Waals surface area contributed by atoms with Crippen LogP contribution in [0.25, 0.3) is 21.9 Å². The van der Waals surface area contributed by atoms with E-state index in [4.69, 9.17) is 26.6 Å². The van der Waals surface area contributed by atoms with Gasteiger partial charge in [0, 0.05) is 10.8 Å². The molecule has 2 aromatic carbocycles. The van der Waals surface area contributed by atoms with Crippen molar-refractivity contribution in [3.63, 3.8) is 0 Å². The summed E-state index contributed by atoms with van der Waals surface area (Å²) in [5.41, 5.74) is 1.44. The fourth-order valence-corrected chi connectivity index (χ4v) is 1.92. The van der Waals surface area contributed by atoms with Crippen molar-refractivity contribution in [1.82, 2.24) is 0 Å². The van der Waals surface area contributed by atoms with Crippen LogP contribution >= 0.6 is 11.6 Å². The third-order valence-corrected chi connectivity index (χ3v) is 2.65. The highest BCUT2D eigenvalue weighted by Gasteiger charge is 2.09. The molecule has 3 heteroatoms. The van der Waals surface area contributed by atoms with E-state index in [9.17, 15) is 0 Å². The monoisotopic (exact) mass is 214 g/mol. The molecule has 1 aromatic heterocycles. The Balaban J connectivity index is 2.62. The first kappa shape index (κ1) is 6.97. The van der Waals surface area contributed by atoms with Gasteiger partial charge in [0.05, 0.1) is 7.76 Å². The molecule has 1 nitrogen and oxygen atoms in total. The number of hydrogen-bond donors (Lipinski definition) is 0. The second-order valence-electron chi connectivity index (χ2n) is 3.28. The van der Waals surface area contributed by atoms with E-state index < -0.39 is 0 Å². The van der Waals surface area contributed by atoms with E-state index in [1.807, 2.05) is 0 Å². The van der Waals surface area contributed by atoms with E-state index in [-0.39, 0.29) is 6.04 Å². The summed E-state index contributed by atoms with van der Waals surface area (Å²) >= 11 is 6.02. The summed E-state index contributed by atoms with van der Waals surface area (Å²) < 4.78 is 20.9. The Morgan fingerprint density at radius 3 is 3.07 bits per heavy atom. The molecule has 0 amide bonds.